The first-order valence-corrected chi connectivity index (χ1v) is 10.5. The Kier molecular flexibility index (Phi) is 8.34. The van der Waals surface area contributed by atoms with Gasteiger partial charge in [-0.25, -0.2) is 9.37 Å². The van der Waals surface area contributed by atoms with Crippen molar-refractivity contribution in [3.8, 4) is 5.75 Å². The number of carbonyl (C=O) groups is 2. The number of rotatable bonds is 11. The number of aromatic nitrogens is 3. The summed E-state index contributed by atoms with van der Waals surface area (Å²) < 4.78 is 20.6. The van der Waals surface area contributed by atoms with Gasteiger partial charge in [0.1, 0.15) is 18.9 Å². The number of benzene rings is 1. The number of halogens is 1. The van der Waals surface area contributed by atoms with E-state index < -0.39 is 5.82 Å². The van der Waals surface area contributed by atoms with Crippen LogP contribution in [0.4, 0.5) is 15.9 Å². The summed E-state index contributed by atoms with van der Waals surface area (Å²) in [5, 5.41) is 9.59. The maximum atomic E-state index is 13.5. The summed E-state index contributed by atoms with van der Waals surface area (Å²) >= 11 is 0. The Morgan fingerprint density at radius 2 is 2.00 bits per heavy atom. The molecule has 33 heavy (non-hydrogen) atoms. The molecule has 9 nitrogen and oxygen atoms in total. The van der Waals surface area contributed by atoms with Crippen LogP contribution in [0.5, 0.6) is 5.75 Å². The molecule has 2 heterocycles. The van der Waals surface area contributed by atoms with E-state index in [0.717, 1.165) is 11.3 Å². The second kappa shape index (κ2) is 11.6. The van der Waals surface area contributed by atoms with Crippen LogP contribution in [-0.2, 0) is 16.1 Å². The Morgan fingerprint density at radius 1 is 1.21 bits per heavy atom. The molecule has 0 fully saturated rings. The third kappa shape index (κ3) is 7.60. The van der Waals surface area contributed by atoms with Crippen LogP contribution in [-0.4, -0.2) is 58.2 Å². The van der Waals surface area contributed by atoms with Gasteiger partial charge in [-0.15, -0.1) is 0 Å². The minimum absolute atomic E-state index is 0.0391. The molecule has 2 amide bonds. The molecule has 0 radical (unpaired) electrons. The van der Waals surface area contributed by atoms with Crippen molar-refractivity contribution in [3.05, 3.63) is 66.4 Å². The molecule has 2 N–H and O–H groups in total. The van der Waals surface area contributed by atoms with Gasteiger partial charge in [0.2, 0.25) is 11.8 Å². The molecule has 3 aromatic rings. The molecule has 0 aliphatic rings. The molecular weight excluding hydrogens is 427 g/mol. The third-order valence-electron chi connectivity index (χ3n) is 4.76. The normalized spacial score (nSPS) is 10.5. The lowest BCUT2D eigenvalue weighted by Crippen LogP contribution is -2.33. The van der Waals surface area contributed by atoms with Crippen molar-refractivity contribution >= 4 is 23.3 Å². The van der Waals surface area contributed by atoms with E-state index in [1.54, 1.807) is 18.1 Å². The van der Waals surface area contributed by atoms with Gasteiger partial charge < -0.3 is 20.3 Å². The number of pyridine rings is 1. The van der Waals surface area contributed by atoms with Crippen molar-refractivity contribution in [3.63, 3.8) is 0 Å². The van der Waals surface area contributed by atoms with Crippen molar-refractivity contribution in [2.45, 2.75) is 19.9 Å². The molecule has 10 heteroatoms. The summed E-state index contributed by atoms with van der Waals surface area (Å²) in [4.78, 5) is 29.9. The zero-order valence-electron chi connectivity index (χ0n) is 18.6. The second-order valence-corrected chi connectivity index (χ2v) is 7.46. The van der Waals surface area contributed by atoms with E-state index in [0.29, 0.717) is 18.8 Å². The first-order valence-electron chi connectivity index (χ1n) is 10.5. The quantitative estimate of drug-likeness (QED) is 0.462. The molecule has 0 saturated heterocycles. The Morgan fingerprint density at radius 3 is 2.76 bits per heavy atom. The highest BCUT2D eigenvalue weighted by atomic mass is 19.1. The zero-order chi connectivity index (χ0) is 23.6. The highest BCUT2D eigenvalue weighted by Crippen LogP contribution is 2.12. The van der Waals surface area contributed by atoms with Crippen LogP contribution in [0.2, 0.25) is 0 Å². The van der Waals surface area contributed by atoms with E-state index in [4.69, 9.17) is 4.74 Å². The van der Waals surface area contributed by atoms with Gasteiger partial charge in [-0.1, -0.05) is 17.7 Å². The summed E-state index contributed by atoms with van der Waals surface area (Å²) in [5.41, 5.74) is 1.63. The molecule has 1 aromatic carbocycles. The van der Waals surface area contributed by atoms with E-state index in [2.05, 4.69) is 20.7 Å². The van der Waals surface area contributed by atoms with Crippen molar-refractivity contribution in [2.75, 3.05) is 37.4 Å². The Labute approximate surface area is 191 Å². The van der Waals surface area contributed by atoms with Gasteiger partial charge >= 0.3 is 0 Å². The minimum atomic E-state index is -0.476. The van der Waals surface area contributed by atoms with Gasteiger partial charge in [0.25, 0.3) is 0 Å². The number of hydrogen-bond acceptors (Lipinski definition) is 6. The van der Waals surface area contributed by atoms with Gasteiger partial charge in [-0.2, -0.15) is 5.10 Å². The number of carbonyl (C=O) groups excluding carboxylic acids is 2. The average Bonchev–Trinajstić information content (AvgIpc) is 3.22. The fraction of sp³-hybridized carbons (Fsp3) is 0.304. The first-order chi connectivity index (χ1) is 15.9. The lowest BCUT2D eigenvalue weighted by Gasteiger charge is -2.17. The number of nitrogens with one attached hydrogen (secondary N) is 2. The van der Waals surface area contributed by atoms with Crippen LogP contribution < -0.4 is 15.4 Å². The molecule has 0 bridgehead atoms. The van der Waals surface area contributed by atoms with Crippen molar-refractivity contribution in [2.24, 2.45) is 0 Å². The van der Waals surface area contributed by atoms with Gasteiger partial charge in [0, 0.05) is 32.4 Å². The summed E-state index contributed by atoms with van der Waals surface area (Å²) in [5.74, 6) is -0.0185. The molecule has 2 aromatic heterocycles. The summed E-state index contributed by atoms with van der Waals surface area (Å²) in [6.07, 6.45) is 4.63. The Hall–Kier alpha value is -3.95. The molecular formula is C23H27FN6O3. The van der Waals surface area contributed by atoms with Crippen LogP contribution in [0.25, 0.3) is 0 Å². The van der Waals surface area contributed by atoms with Gasteiger partial charge in [0.05, 0.1) is 18.4 Å². The zero-order valence-corrected chi connectivity index (χ0v) is 18.6. The Balaban J connectivity index is 1.37. The topological polar surface area (TPSA) is 101 Å². The summed E-state index contributed by atoms with van der Waals surface area (Å²) in [7, 11) is 1.70. The maximum absolute atomic E-state index is 13.5. The van der Waals surface area contributed by atoms with E-state index in [1.165, 1.54) is 29.2 Å². The number of anilines is 2. The van der Waals surface area contributed by atoms with Crippen LogP contribution in [0.15, 0.2) is 55.0 Å². The molecule has 3 rings (SSSR count). The summed E-state index contributed by atoms with van der Waals surface area (Å²) in [6.45, 7) is 3.08. The first kappa shape index (κ1) is 23.7. The second-order valence-electron chi connectivity index (χ2n) is 7.46. The SMILES string of the molecule is Cc1ccc(OCCN(C)C(=O)Cn2cc(NC(=O)CCNc3ncccc3F)cn2)cc1. The van der Waals surface area contributed by atoms with Crippen molar-refractivity contribution < 1.29 is 18.7 Å². The Bertz CT molecular complexity index is 1070. The molecule has 0 atom stereocenters. The summed E-state index contributed by atoms with van der Waals surface area (Å²) in [6, 6.07) is 10.5. The molecule has 0 aliphatic carbocycles. The fourth-order valence-corrected chi connectivity index (χ4v) is 2.87. The fourth-order valence-electron chi connectivity index (χ4n) is 2.87. The number of hydrogen-bond donors (Lipinski definition) is 2. The highest BCUT2D eigenvalue weighted by Gasteiger charge is 2.12. The van der Waals surface area contributed by atoms with Crippen LogP contribution >= 0.6 is 0 Å². The smallest absolute Gasteiger partial charge is 0.244 e. The number of likely N-dealkylation sites (N-methyl/N-ethyl adjacent to an activating group) is 1. The van der Waals surface area contributed by atoms with E-state index in [-0.39, 0.29) is 37.1 Å². The lowest BCUT2D eigenvalue weighted by molar-refractivity contribution is -0.131. The number of ether oxygens (including phenoxy) is 1. The maximum Gasteiger partial charge on any atom is 0.244 e. The number of nitrogens with zero attached hydrogens (tertiary/aromatic N) is 4. The van der Waals surface area contributed by atoms with Gasteiger partial charge in [-0.3, -0.25) is 14.3 Å². The number of aryl methyl sites for hydroxylation is 1. The van der Waals surface area contributed by atoms with Crippen LogP contribution in [0.3, 0.4) is 0 Å². The monoisotopic (exact) mass is 454 g/mol. The van der Waals surface area contributed by atoms with E-state index in [9.17, 15) is 14.0 Å². The van der Waals surface area contributed by atoms with Crippen molar-refractivity contribution in [1.82, 2.24) is 19.7 Å². The molecule has 0 saturated carbocycles. The molecule has 0 spiro atoms. The predicted molar refractivity (Wildman–Crippen MR) is 122 cm³/mol. The third-order valence-corrected chi connectivity index (χ3v) is 4.76. The van der Waals surface area contributed by atoms with Gasteiger partial charge in [-0.05, 0) is 31.2 Å². The lowest BCUT2D eigenvalue weighted by atomic mass is 10.2. The van der Waals surface area contributed by atoms with Crippen LogP contribution in [0, 0.1) is 12.7 Å². The highest BCUT2D eigenvalue weighted by molar-refractivity contribution is 5.90. The minimum Gasteiger partial charge on any atom is -0.492 e. The molecule has 174 valence electrons. The van der Waals surface area contributed by atoms with E-state index >= 15 is 0 Å². The molecule has 0 unspecified atom stereocenters. The average molecular weight is 455 g/mol. The molecule has 0 aliphatic heterocycles. The largest absolute Gasteiger partial charge is 0.492 e. The van der Waals surface area contributed by atoms with Crippen molar-refractivity contribution in [1.29, 1.82) is 0 Å². The van der Waals surface area contributed by atoms with Gasteiger partial charge in [0.15, 0.2) is 11.6 Å². The standard InChI is InChI=1S/C23H27FN6O3/c1-17-5-7-19(8-6-17)33-13-12-29(2)22(32)16-30-15-18(14-27-30)28-21(31)9-11-26-23-20(24)4-3-10-25-23/h3-8,10,14-15H,9,11-13,16H2,1-2H3,(H,25,26)(H,28,31). The number of amides is 2. The van der Waals surface area contributed by atoms with E-state index in [1.807, 2.05) is 31.2 Å². The predicted octanol–water partition coefficient (Wildman–Crippen LogP) is 2.70. The van der Waals surface area contributed by atoms with Crippen LogP contribution in [0.1, 0.15) is 12.0 Å².